The van der Waals surface area contributed by atoms with Gasteiger partial charge in [-0.25, -0.2) is 0 Å². The van der Waals surface area contributed by atoms with Crippen molar-refractivity contribution in [2.24, 2.45) is 0 Å². The smallest absolute Gasteiger partial charge is 0.000765 e. The number of hydrogen-bond donors (Lipinski definition) is 0. The van der Waals surface area contributed by atoms with Crippen LogP contribution in [0.1, 0.15) is 48.7 Å². The second-order valence-electron chi connectivity index (χ2n) is 5.42. The molecule has 1 aromatic heterocycles. The fourth-order valence-corrected chi connectivity index (χ4v) is 4.35. The highest BCUT2D eigenvalue weighted by Gasteiger charge is 2.20. The fraction of sp³-hybridized carbons (Fsp3) is 0.333. The summed E-state index contributed by atoms with van der Waals surface area (Å²) in [5.41, 5.74) is 7.69. The maximum Gasteiger partial charge on any atom is -0.000765 e. The third-order valence-electron chi connectivity index (χ3n) is 4.18. The molecule has 98 valence electrons. The molecule has 0 spiro atoms. The van der Waals surface area contributed by atoms with Gasteiger partial charge in [0.15, 0.2) is 0 Å². The molecule has 0 N–H and O–H groups in total. The van der Waals surface area contributed by atoms with E-state index in [0.29, 0.717) is 0 Å². The lowest BCUT2D eigenvalue weighted by Gasteiger charge is -2.07. The molecule has 0 radical (unpaired) electrons. The molecule has 0 fully saturated rings. The van der Waals surface area contributed by atoms with Gasteiger partial charge in [-0.1, -0.05) is 43.7 Å². The first-order valence-corrected chi connectivity index (χ1v) is 8.33. The van der Waals surface area contributed by atoms with Crippen molar-refractivity contribution in [3.63, 3.8) is 0 Å². The van der Waals surface area contributed by atoms with Gasteiger partial charge in [0.2, 0.25) is 0 Å². The molecule has 0 bridgehead atoms. The fourth-order valence-electron chi connectivity index (χ4n) is 3.06. The summed E-state index contributed by atoms with van der Waals surface area (Å²) in [4.78, 5) is 0. The number of hydrogen-bond acceptors (Lipinski definition) is 0. The van der Waals surface area contributed by atoms with Gasteiger partial charge in [0.25, 0.3) is 0 Å². The lowest BCUT2D eigenvalue weighted by Crippen LogP contribution is -1.89. The molecular weight excluding hydrogens is 247 g/mol. The number of allylic oxidation sites excluding steroid dienone is 2. The molecule has 1 aliphatic rings. The first-order chi connectivity index (χ1) is 9.31. The average molecular weight is 268 g/mol. The Morgan fingerprint density at radius 2 is 2.00 bits per heavy atom. The molecule has 0 amide bonds. The Morgan fingerprint density at radius 1 is 1.16 bits per heavy atom. The van der Waals surface area contributed by atoms with Crippen molar-refractivity contribution >= 4 is 19.3 Å². The Bertz CT molecular complexity index is 616. The zero-order valence-electron chi connectivity index (χ0n) is 11.8. The van der Waals surface area contributed by atoms with E-state index in [1.165, 1.54) is 36.0 Å². The van der Waals surface area contributed by atoms with Crippen LogP contribution in [-0.2, 0) is 12.8 Å². The largest absolute Gasteiger partial charge is 0.132 e. The topological polar surface area (TPSA) is 0 Å². The van der Waals surface area contributed by atoms with Gasteiger partial charge in [-0.15, -0.1) is 8.19 Å². The molecule has 0 aliphatic heterocycles. The summed E-state index contributed by atoms with van der Waals surface area (Å²) >= 11 is 0. The van der Waals surface area contributed by atoms with Crippen molar-refractivity contribution in [3.05, 3.63) is 58.1 Å². The van der Waals surface area contributed by atoms with Gasteiger partial charge >= 0.3 is 0 Å². The van der Waals surface area contributed by atoms with Gasteiger partial charge in [-0.3, -0.25) is 0 Å². The highest BCUT2D eigenvalue weighted by atomic mass is 31.0. The Labute approximate surface area is 117 Å². The first-order valence-electron chi connectivity index (χ1n) is 7.26. The maximum absolute atomic E-state index is 2.37. The van der Waals surface area contributed by atoms with E-state index in [9.17, 15) is 0 Å². The van der Waals surface area contributed by atoms with E-state index in [1.807, 2.05) is 0 Å². The van der Waals surface area contributed by atoms with Crippen LogP contribution in [-0.4, -0.2) is 0 Å². The quantitative estimate of drug-likeness (QED) is 0.682. The number of benzene rings is 1. The van der Waals surface area contributed by atoms with Crippen molar-refractivity contribution < 1.29 is 0 Å². The van der Waals surface area contributed by atoms with Gasteiger partial charge in [-0.2, -0.15) is 0 Å². The van der Waals surface area contributed by atoms with Crippen molar-refractivity contribution in [3.8, 4) is 0 Å². The molecule has 3 rings (SSSR count). The zero-order chi connectivity index (χ0) is 13.2. The normalized spacial score (nSPS) is 14.4. The Kier molecular flexibility index (Phi) is 3.62. The Balaban J connectivity index is 1.97. The Morgan fingerprint density at radius 3 is 2.79 bits per heavy atom. The summed E-state index contributed by atoms with van der Waals surface area (Å²) < 4.78 is 0. The summed E-state index contributed by atoms with van der Waals surface area (Å²) in [6, 6.07) is 11.2. The number of fused-ring (bicyclic) bond motifs is 1. The van der Waals surface area contributed by atoms with Crippen LogP contribution in [0.4, 0.5) is 0 Å². The van der Waals surface area contributed by atoms with Gasteiger partial charge in [0.1, 0.15) is 0 Å². The third-order valence-corrected chi connectivity index (χ3v) is 5.42. The number of aryl methyl sites for hydroxylation is 1. The molecule has 1 heteroatoms. The first kappa shape index (κ1) is 12.8. The predicted molar refractivity (Wildman–Crippen MR) is 87.2 cm³/mol. The summed E-state index contributed by atoms with van der Waals surface area (Å²) in [7, 11) is 0.880. The summed E-state index contributed by atoms with van der Waals surface area (Å²) in [6.07, 6.45) is 4.99. The van der Waals surface area contributed by atoms with Crippen LogP contribution in [0.15, 0.2) is 36.1 Å². The van der Waals surface area contributed by atoms with Crippen LogP contribution in [0.3, 0.4) is 0 Å². The summed E-state index contributed by atoms with van der Waals surface area (Å²) in [6.45, 7) is 4.57. The van der Waals surface area contributed by atoms with E-state index < -0.39 is 0 Å². The molecule has 1 heterocycles. The van der Waals surface area contributed by atoms with Crippen LogP contribution in [0.2, 0.25) is 0 Å². The third kappa shape index (κ3) is 2.30. The standard InChI is InChI=1S/C18H21P/c1-3-4-7-14-10-11-19-18(14)17-12-15-8-5-6-9-16(15)13(17)2/h5-6,8-11,19H,3-4,7,12H2,1-2H3. The van der Waals surface area contributed by atoms with Crippen molar-refractivity contribution in [1.82, 2.24) is 0 Å². The molecule has 19 heavy (non-hydrogen) atoms. The lowest BCUT2D eigenvalue weighted by molar-refractivity contribution is 0.796. The van der Waals surface area contributed by atoms with E-state index in [0.717, 1.165) is 14.6 Å². The minimum Gasteiger partial charge on any atom is -0.132 e. The molecule has 0 saturated heterocycles. The highest BCUT2D eigenvalue weighted by Crippen LogP contribution is 2.42. The minimum absolute atomic E-state index is 0.880. The SMILES string of the molecule is CCCCc1cc[pH]c1C1=C(C)c2ccccc2C1. The van der Waals surface area contributed by atoms with Crippen LogP contribution in [0.5, 0.6) is 0 Å². The second kappa shape index (κ2) is 5.39. The summed E-state index contributed by atoms with van der Waals surface area (Å²) in [5, 5.41) is 1.64. The van der Waals surface area contributed by atoms with E-state index in [4.69, 9.17) is 0 Å². The predicted octanol–water partition coefficient (Wildman–Crippen LogP) is 5.55. The van der Waals surface area contributed by atoms with E-state index in [2.05, 4.69) is 50.0 Å². The van der Waals surface area contributed by atoms with E-state index >= 15 is 0 Å². The van der Waals surface area contributed by atoms with Gasteiger partial charge in [0, 0.05) is 0 Å². The molecule has 0 nitrogen and oxygen atoms in total. The van der Waals surface area contributed by atoms with E-state index in [-0.39, 0.29) is 0 Å². The Hall–Kier alpha value is -1.26. The molecule has 2 aromatic rings. The summed E-state index contributed by atoms with van der Waals surface area (Å²) in [5.74, 6) is 2.36. The van der Waals surface area contributed by atoms with Crippen LogP contribution < -0.4 is 0 Å². The second-order valence-corrected chi connectivity index (χ2v) is 6.54. The van der Waals surface area contributed by atoms with Crippen LogP contribution in [0.25, 0.3) is 11.1 Å². The zero-order valence-corrected chi connectivity index (χ0v) is 12.8. The lowest BCUT2D eigenvalue weighted by atomic mass is 10.0. The van der Waals surface area contributed by atoms with Crippen molar-refractivity contribution in [2.75, 3.05) is 0 Å². The molecular formula is C18H21P. The van der Waals surface area contributed by atoms with Crippen molar-refractivity contribution in [2.45, 2.75) is 39.5 Å². The van der Waals surface area contributed by atoms with Gasteiger partial charge in [-0.05, 0) is 65.1 Å². The number of rotatable bonds is 4. The maximum atomic E-state index is 2.37. The van der Waals surface area contributed by atoms with Gasteiger partial charge in [0.05, 0.1) is 0 Å². The molecule has 1 atom stereocenters. The van der Waals surface area contributed by atoms with Crippen LogP contribution >= 0.6 is 8.19 Å². The average Bonchev–Trinajstić information content (AvgIpc) is 3.01. The minimum atomic E-state index is 0.880. The highest BCUT2D eigenvalue weighted by molar-refractivity contribution is 7.31. The molecule has 1 unspecified atom stereocenters. The molecule has 1 aromatic carbocycles. The molecule has 1 aliphatic carbocycles. The number of unbranched alkanes of at least 4 members (excludes halogenated alkanes) is 1. The van der Waals surface area contributed by atoms with Crippen molar-refractivity contribution in [1.29, 1.82) is 0 Å². The molecule has 0 saturated carbocycles. The van der Waals surface area contributed by atoms with E-state index in [1.54, 1.807) is 16.4 Å². The monoisotopic (exact) mass is 268 g/mol. The van der Waals surface area contributed by atoms with Crippen LogP contribution in [0, 0.1) is 0 Å². The van der Waals surface area contributed by atoms with Gasteiger partial charge < -0.3 is 0 Å².